The van der Waals surface area contributed by atoms with Crippen molar-refractivity contribution in [1.29, 1.82) is 0 Å². The first-order valence-electron chi connectivity index (χ1n) is 11.5. The number of hydrogen-bond acceptors (Lipinski definition) is 4. The number of rotatable bonds is 4. The van der Waals surface area contributed by atoms with E-state index in [1.807, 2.05) is 24.3 Å². The highest BCUT2D eigenvalue weighted by molar-refractivity contribution is 6.03. The zero-order chi connectivity index (χ0) is 20.4. The number of pyridine rings is 1. The number of piperidine rings is 2. The lowest BCUT2D eigenvalue weighted by Crippen LogP contribution is -2.50. The number of anilines is 2. The first-order chi connectivity index (χ1) is 14.7. The van der Waals surface area contributed by atoms with Crippen molar-refractivity contribution >= 4 is 17.4 Å². The molecule has 2 aliphatic heterocycles. The molecule has 5 heteroatoms. The normalized spacial score (nSPS) is 21.9. The van der Waals surface area contributed by atoms with Crippen LogP contribution in [0.25, 0.3) is 0 Å². The number of nitrogens with zero attached hydrogens (tertiary/aromatic N) is 3. The third-order valence-electron chi connectivity index (χ3n) is 7.68. The van der Waals surface area contributed by atoms with E-state index in [2.05, 4.69) is 32.2 Å². The van der Waals surface area contributed by atoms with E-state index in [-0.39, 0.29) is 5.91 Å². The molecule has 5 rings (SSSR count). The highest BCUT2D eigenvalue weighted by Gasteiger charge is 2.39. The highest BCUT2D eigenvalue weighted by atomic mass is 16.1. The molecule has 1 aromatic heterocycles. The molecule has 0 radical (unpaired) electrons. The Hall–Kier alpha value is -2.40. The Morgan fingerprint density at radius 1 is 0.933 bits per heavy atom. The van der Waals surface area contributed by atoms with Crippen LogP contribution in [0.2, 0.25) is 0 Å². The van der Waals surface area contributed by atoms with E-state index < -0.39 is 0 Å². The van der Waals surface area contributed by atoms with Crippen LogP contribution in [0.4, 0.5) is 11.5 Å². The maximum Gasteiger partial charge on any atom is 0.256 e. The summed E-state index contributed by atoms with van der Waals surface area (Å²) in [5, 5.41) is 2.85. The van der Waals surface area contributed by atoms with Gasteiger partial charge in [-0.05, 0) is 93.4 Å². The quantitative estimate of drug-likeness (QED) is 0.811. The lowest BCUT2D eigenvalue weighted by atomic mass is 9.70. The van der Waals surface area contributed by atoms with Crippen LogP contribution in [0.1, 0.15) is 55.3 Å². The van der Waals surface area contributed by atoms with Gasteiger partial charge in [-0.2, -0.15) is 0 Å². The second-order valence-electron chi connectivity index (χ2n) is 9.32. The SMILES string of the molecule is O=C(Nc1ccccn1)c1ccc(N2CCC3(CC2)CCN(C2CCC2)CC3)cc1. The van der Waals surface area contributed by atoms with Crippen molar-refractivity contribution in [2.24, 2.45) is 5.41 Å². The highest BCUT2D eigenvalue weighted by Crippen LogP contribution is 2.43. The number of likely N-dealkylation sites (tertiary alicyclic amines) is 1. The van der Waals surface area contributed by atoms with E-state index in [9.17, 15) is 4.79 Å². The number of aromatic nitrogens is 1. The molecule has 1 spiro atoms. The van der Waals surface area contributed by atoms with Crippen molar-refractivity contribution in [1.82, 2.24) is 9.88 Å². The standard InChI is InChI=1S/C25H32N4O/c30-24(27-23-6-1-2-15-26-23)20-7-9-22(10-8-20)29-18-13-25(14-19-29)11-16-28(17-12-25)21-4-3-5-21/h1-2,6-10,15,21H,3-5,11-14,16-19H2,(H,26,27,30). The second-order valence-corrected chi connectivity index (χ2v) is 9.32. The Kier molecular flexibility index (Phi) is 5.47. The first-order valence-corrected chi connectivity index (χ1v) is 11.5. The number of nitrogens with one attached hydrogen (secondary N) is 1. The Bertz CT molecular complexity index is 844. The summed E-state index contributed by atoms with van der Waals surface area (Å²) in [6, 6.07) is 14.4. The first kappa shape index (κ1) is 19.6. The topological polar surface area (TPSA) is 48.5 Å². The van der Waals surface area contributed by atoms with Gasteiger partial charge in [0.25, 0.3) is 5.91 Å². The fraction of sp³-hybridized carbons (Fsp3) is 0.520. The number of carbonyl (C=O) groups is 1. The zero-order valence-corrected chi connectivity index (χ0v) is 17.7. The van der Waals surface area contributed by atoms with Gasteiger partial charge in [-0.1, -0.05) is 12.5 Å². The molecule has 158 valence electrons. The third-order valence-corrected chi connectivity index (χ3v) is 7.68. The number of amides is 1. The molecule has 2 aromatic rings. The Labute approximate surface area is 179 Å². The molecule has 0 atom stereocenters. The summed E-state index contributed by atoms with van der Waals surface area (Å²) in [6.45, 7) is 4.88. The fourth-order valence-electron chi connectivity index (χ4n) is 5.30. The summed E-state index contributed by atoms with van der Waals surface area (Å²) in [6.07, 6.45) is 11.3. The molecule has 5 nitrogen and oxygen atoms in total. The predicted molar refractivity (Wildman–Crippen MR) is 121 cm³/mol. The minimum Gasteiger partial charge on any atom is -0.371 e. The third kappa shape index (κ3) is 4.08. The van der Waals surface area contributed by atoms with E-state index in [4.69, 9.17) is 0 Å². The van der Waals surface area contributed by atoms with Gasteiger partial charge in [0.15, 0.2) is 0 Å². The lowest BCUT2D eigenvalue weighted by Gasteiger charge is -2.50. The molecular weight excluding hydrogens is 372 g/mol. The Balaban J connectivity index is 1.14. The molecule has 30 heavy (non-hydrogen) atoms. The molecule has 1 aliphatic carbocycles. The summed E-state index contributed by atoms with van der Waals surface area (Å²) in [5.74, 6) is 0.465. The van der Waals surface area contributed by atoms with Crippen LogP contribution in [0.3, 0.4) is 0 Å². The van der Waals surface area contributed by atoms with Crippen molar-refractivity contribution in [3.63, 3.8) is 0 Å². The molecule has 3 aliphatic rings. The minimum absolute atomic E-state index is 0.115. The van der Waals surface area contributed by atoms with E-state index >= 15 is 0 Å². The molecule has 1 amide bonds. The minimum atomic E-state index is -0.115. The lowest BCUT2D eigenvalue weighted by molar-refractivity contribution is 0.0306. The van der Waals surface area contributed by atoms with Crippen molar-refractivity contribution in [3.8, 4) is 0 Å². The molecule has 2 saturated heterocycles. The predicted octanol–water partition coefficient (Wildman–Crippen LogP) is 4.57. The number of hydrogen-bond donors (Lipinski definition) is 1. The molecule has 1 N–H and O–H groups in total. The fourth-order valence-corrected chi connectivity index (χ4v) is 5.30. The largest absolute Gasteiger partial charge is 0.371 e. The van der Waals surface area contributed by atoms with Gasteiger partial charge in [-0.3, -0.25) is 4.79 Å². The van der Waals surface area contributed by atoms with Crippen LogP contribution in [0.5, 0.6) is 0 Å². The molecular formula is C25H32N4O. The van der Waals surface area contributed by atoms with Gasteiger partial charge in [0.1, 0.15) is 5.82 Å². The van der Waals surface area contributed by atoms with Gasteiger partial charge in [0, 0.05) is 36.6 Å². The zero-order valence-electron chi connectivity index (χ0n) is 17.7. The smallest absolute Gasteiger partial charge is 0.256 e. The van der Waals surface area contributed by atoms with Gasteiger partial charge >= 0.3 is 0 Å². The summed E-state index contributed by atoms with van der Waals surface area (Å²) < 4.78 is 0. The van der Waals surface area contributed by atoms with Gasteiger partial charge < -0.3 is 15.1 Å². The monoisotopic (exact) mass is 404 g/mol. The van der Waals surface area contributed by atoms with Crippen molar-refractivity contribution in [2.75, 3.05) is 36.4 Å². The van der Waals surface area contributed by atoms with E-state index in [0.717, 1.165) is 19.1 Å². The van der Waals surface area contributed by atoms with Crippen LogP contribution >= 0.6 is 0 Å². The van der Waals surface area contributed by atoms with Crippen molar-refractivity contribution < 1.29 is 4.79 Å². The average molecular weight is 405 g/mol. The maximum atomic E-state index is 12.4. The molecule has 0 bridgehead atoms. The summed E-state index contributed by atoms with van der Waals surface area (Å²) in [5.41, 5.74) is 2.46. The molecule has 1 saturated carbocycles. The Morgan fingerprint density at radius 2 is 1.63 bits per heavy atom. The van der Waals surface area contributed by atoms with E-state index in [1.165, 1.54) is 63.7 Å². The van der Waals surface area contributed by atoms with E-state index in [1.54, 1.807) is 12.3 Å². The van der Waals surface area contributed by atoms with E-state index in [0.29, 0.717) is 16.8 Å². The van der Waals surface area contributed by atoms with Crippen LogP contribution in [-0.2, 0) is 0 Å². The number of benzene rings is 1. The molecule has 1 aromatic carbocycles. The van der Waals surface area contributed by atoms with Crippen molar-refractivity contribution in [3.05, 3.63) is 54.2 Å². The molecule has 3 fully saturated rings. The average Bonchev–Trinajstić information content (AvgIpc) is 2.76. The van der Waals surface area contributed by atoms with Gasteiger partial charge in [0.05, 0.1) is 0 Å². The van der Waals surface area contributed by atoms with Gasteiger partial charge in [-0.15, -0.1) is 0 Å². The van der Waals surface area contributed by atoms with Crippen LogP contribution < -0.4 is 10.2 Å². The maximum absolute atomic E-state index is 12.4. The summed E-state index contributed by atoms with van der Waals surface area (Å²) in [7, 11) is 0. The summed E-state index contributed by atoms with van der Waals surface area (Å²) >= 11 is 0. The van der Waals surface area contributed by atoms with Crippen molar-refractivity contribution in [2.45, 2.75) is 51.0 Å². The van der Waals surface area contributed by atoms with Gasteiger partial charge in [-0.25, -0.2) is 4.98 Å². The van der Waals surface area contributed by atoms with Crippen LogP contribution in [0, 0.1) is 5.41 Å². The molecule has 3 heterocycles. The second kappa shape index (κ2) is 8.38. The Morgan fingerprint density at radius 3 is 2.23 bits per heavy atom. The van der Waals surface area contributed by atoms with Crippen LogP contribution in [-0.4, -0.2) is 48.0 Å². The summed E-state index contributed by atoms with van der Waals surface area (Å²) in [4.78, 5) is 21.8. The van der Waals surface area contributed by atoms with Gasteiger partial charge in [0.2, 0.25) is 0 Å². The molecule has 0 unspecified atom stereocenters. The number of carbonyl (C=O) groups excluding carboxylic acids is 1. The van der Waals surface area contributed by atoms with Crippen LogP contribution in [0.15, 0.2) is 48.7 Å².